The monoisotopic (exact) mass is 1690 g/mol. The van der Waals surface area contributed by atoms with E-state index in [9.17, 15) is 24.0 Å². The Morgan fingerprint density at radius 2 is 0.574 bits per heavy atom. The number of esters is 5. The minimum Gasteiger partial charge on any atom is -0.456 e. The van der Waals surface area contributed by atoms with Gasteiger partial charge in [-0.05, 0) is 388 Å². The Hall–Kier alpha value is -4.15. The Morgan fingerprint density at radius 3 is 0.820 bits per heavy atom. The lowest BCUT2D eigenvalue weighted by Gasteiger charge is -2.62. The van der Waals surface area contributed by atoms with Crippen LogP contribution in [0.3, 0.4) is 0 Å². The minimum absolute atomic E-state index is 0.0358. The number of ether oxygens (including phenoxy) is 10. The average molecular weight is 1690 g/mol. The SMILES string of the molecule is C=C(C)C(=O)OC12CC3CC(C1)CC(OC(C)(C)C1CCCC1)(C3)C2.C=C(C)C(=O)OC12CC3CC(C1)CC(OC1(CC)CC4CCC1C4)(C3)C2.C=C(C)C(=O)OC12CC3CC(C1)CC(OC1(CC)CCCC1)(C3)C2.C=CC(=O)OC12CC3CC(C1)CC(OC(C)(C)C1CCCC1)(C3)C2.C=CC(=O)OC12CC3CC(C1)CC(OC1(CC)CCCC1)(C3)C2. The van der Waals surface area contributed by atoms with E-state index >= 15 is 0 Å². The Bertz CT molecular complexity index is 3870. The molecule has 15 heteroatoms. The Balaban J connectivity index is 0.000000108. The molecule has 15 nitrogen and oxygen atoms in total. The smallest absolute Gasteiger partial charge is 0.333 e. The van der Waals surface area contributed by atoms with Crippen molar-refractivity contribution in [1.29, 1.82) is 0 Å². The lowest BCUT2D eigenvalue weighted by atomic mass is 9.52. The van der Waals surface area contributed by atoms with Crippen molar-refractivity contribution in [2.75, 3.05) is 0 Å². The fourth-order valence-electron chi connectivity index (χ4n) is 35.0. The molecule has 0 N–H and O–H groups in total. The van der Waals surface area contributed by atoms with Crippen molar-refractivity contribution in [3.05, 3.63) is 61.8 Å². The first kappa shape index (κ1) is 89.8. The first-order valence-electron chi connectivity index (χ1n) is 50.7. The van der Waals surface area contributed by atoms with Gasteiger partial charge < -0.3 is 47.4 Å². The number of hydrogen-bond donors (Lipinski definition) is 0. The molecule has 26 fully saturated rings. The van der Waals surface area contributed by atoms with Crippen LogP contribution in [0.15, 0.2) is 61.8 Å². The highest BCUT2D eigenvalue weighted by atomic mass is 16.6. The summed E-state index contributed by atoms with van der Waals surface area (Å²) in [6, 6.07) is 0. The molecule has 0 radical (unpaired) electrons. The van der Waals surface area contributed by atoms with Crippen LogP contribution >= 0.6 is 0 Å². The fraction of sp³-hybridized carbons (Fsp3) is 0.860. The van der Waals surface area contributed by atoms with Crippen molar-refractivity contribution in [1.82, 2.24) is 0 Å². The number of rotatable bonds is 25. The van der Waals surface area contributed by atoms with Crippen molar-refractivity contribution in [2.24, 2.45) is 82.9 Å². The van der Waals surface area contributed by atoms with E-state index in [0.717, 1.165) is 153 Å². The normalized spacial score (nSPS) is 43.9. The van der Waals surface area contributed by atoms with Crippen LogP contribution in [0.5, 0.6) is 0 Å². The molecule has 0 saturated heterocycles. The van der Waals surface area contributed by atoms with E-state index in [1.807, 2.05) is 0 Å². The molecular weight excluding hydrogens is 1530 g/mol. The third kappa shape index (κ3) is 18.2. The standard InChI is InChI=1S/C23H34O3.C22H34O3.2C21H32O3.C20H30O3/c1-4-23(13-16-5-6-19(23)8-16)26-22-11-17-7-18(12-22)10-21(9-17,14-22)25-20(24)15(2)3;1-15(2)19(23)24-21-10-16-9-17(11-21)13-22(12-16,14-21)25-20(3,4)18-7-5-6-8-18;1-4-18(22)23-20-10-15-9-16(11-20)13-21(12-15,14-20)24-19(2,3)17-7-5-6-8-17;1-4-19(7-5-6-8-19)24-21-12-16-9-17(13-21)11-20(10-16,14-21)23-18(22)15(2)3;1-3-17(21)22-19-10-15-9-16(11-19)13-20(12-15,14-19)23-18(4-2)7-5-6-8-18/h16-19H,2,4-14H2,1,3H3;16-18H,1,5-14H2,2-4H3;4,15-17H,1,5-14H2,2-3H3;16-17H,2,4-14H2,1,3H3;3,15-16H,1,4-14H2,2H3. The maximum absolute atomic E-state index is 12.3. The number of hydrogen-bond acceptors (Lipinski definition) is 15. The molecule has 26 rings (SSSR count). The maximum atomic E-state index is 12.3. The molecule has 122 heavy (non-hydrogen) atoms. The molecule has 26 aliphatic carbocycles. The molecule has 0 heterocycles. The predicted octanol–water partition coefficient (Wildman–Crippen LogP) is 24.6. The lowest BCUT2D eigenvalue weighted by Crippen LogP contribution is -2.63. The predicted molar refractivity (Wildman–Crippen MR) is 475 cm³/mol. The van der Waals surface area contributed by atoms with Crippen molar-refractivity contribution in [3.8, 4) is 0 Å². The van der Waals surface area contributed by atoms with Crippen LogP contribution < -0.4 is 0 Å². The molecule has 0 aromatic heterocycles. The van der Waals surface area contributed by atoms with Gasteiger partial charge in [-0.25, -0.2) is 24.0 Å². The van der Waals surface area contributed by atoms with Gasteiger partial charge in [0.25, 0.3) is 0 Å². The fourth-order valence-corrected chi connectivity index (χ4v) is 35.0. The Kier molecular flexibility index (Phi) is 24.6. The molecule has 0 amide bonds. The van der Waals surface area contributed by atoms with Crippen molar-refractivity contribution in [2.45, 2.75) is 494 Å². The zero-order valence-electron chi connectivity index (χ0n) is 77.9. The van der Waals surface area contributed by atoms with E-state index < -0.39 is 0 Å². The molecule has 0 spiro atoms. The Labute approximate surface area is 735 Å². The van der Waals surface area contributed by atoms with Gasteiger partial charge in [0.1, 0.15) is 28.0 Å². The highest BCUT2D eigenvalue weighted by Gasteiger charge is 2.69. The van der Waals surface area contributed by atoms with Crippen LogP contribution in [0.25, 0.3) is 0 Å². The summed E-state index contributed by atoms with van der Waals surface area (Å²) in [4.78, 5) is 60.6. The van der Waals surface area contributed by atoms with Gasteiger partial charge in [-0.2, -0.15) is 0 Å². The van der Waals surface area contributed by atoms with Gasteiger partial charge in [0.05, 0.1) is 56.0 Å². The van der Waals surface area contributed by atoms with Gasteiger partial charge >= 0.3 is 29.8 Å². The maximum Gasteiger partial charge on any atom is 0.333 e. The highest BCUT2D eigenvalue weighted by Crippen LogP contribution is 2.69. The summed E-state index contributed by atoms with van der Waals surface area (Å²) in [6.07, 6.45) is 65.1. The number of fused-ring (bicyclic) bond motifs is 2. The van der Waals surface area contributed by atoms with E-state index in [-0.39, 0.29) is 114 Å². The lowest BCUT2D eigenvalue weighted by molar-refractivity contribution is -0.274. The third-order valence-electron chi connectivity index (χ3n) is 37.5. The van der Waals surface area contributed by atoms with Gasteiger partial charge in [0.15, 0.2) is 0 Å². The molecule has 0 aromatic carbocycles. The summed E-state index contributed by atoms with van der Waals surface area (Å²) < 4.78 is 65.2. The highest BCUT2D eigenvalue weighted by molar-refractivity contribution is 5.88. The van der Waals surface area contributed by atoms with Gasteiger partial charge in [-0.3, -0.25) is 0 Å². The van der Waals surface area contributed by atoms with Crippen molar-refractivity contribution in [3.63, 3.8) is 0 Å². The van der Waals surface area contributed by atoms with Crippen LogP contribution in [-0.2, 0) is 71.3 Å². The second-order valence-electron chi connectivity index (χ2n) is 48.6. The van der Waals surface area contributed by atoms with E-state index in [2.05, 4.69) is 81.4 Å². The zero-order valence-corrected chi connectivity index (χ0v) is 77.9. The van der Waals surface area contributed by atoms with Gasteiger partial charge in [0, 0.05) is 61.0 Å². The molecule has 26 aliphatic rings. The van der Waals surface area contributed by atoms with Crippen LogP contribution in [0, 0.1) is 82.9 Å². The van der Waals surface area contributed by atoms with Gasteiger partial charge in [-0.1, -0.05) is 105 Å². The second-order valence-corrected chi connectivity index (χ2v) is 48.6. The van der Waals surface area contributed by atoms with Gasteiger partial charge in [-0.15, -0.1) is 0 Å². The first-order valence-corrected chi connectivity index (χ1v) is 50.7. The van der Waals surface area contributed by atoms with Crippen molar-refractivity contribution >= 4 is 29.8 Å². The summed E-state index contributed by atoms with van der Waals surface area (Å²) >= 11 is 0. The molecule has 0 aliphatic heterocycles. The largest absolute Gasteiger partial charge is 0.456 e. The molecule has 13 atom stereocenters. The third-order valence-corrected chi connectivity index (χ3v) is 37.5. The molecule has 22 bridgehead atoms. The summed E-state index contributed by atoms with van der Waals surface area (Å²) in [5, 5.41) is 0. The average Bonchev–Trinajstić information content (AvgIpc) is 1.18. The second kappa shape index (κ2) is 33.4. The van der Waals surface area contributed by atoms with E-state index in [1.54, 1.807) is 20.8 Å². The summed E-state index contributed by atoms with van der Waals surface area (Å²) in [6.45, 7) is 39.8. The summed E-state index contributed by atoms with van der Waals surface area (Å²) in [5.74, 6) is 8.49. The summed E-state index contributed by atoms with van der Waals surface area (Å²) in [5.41, 5.74) is 0.0000310. The van der Waals surface area contributed by atoms with E-state index in [1.165, 1.54) is 211 Å². The van der Waals surface area contributed by atoms with Crippen LogP contribution in [-0.4, -0.2) is 114 Å². The molecular formula is C107H162O15. The summed E-state index contributed by atoms with van der Waals surface area (Å²) in [7, 11) is 0. The van der Waals surface area contributed by atoms with Crippen molar-refractivity contribution < 1.29 is 71.3 Å². The Morgan fingerprint density at radius 1 is 0.311 bits per heavy atom. The first-order chi connectivity index (χ1) is 57.8. The van der Waals surface area contributed by atoms with E-state index in [4.69, 9.17) is 47.4 Å². The zero-order chi connectivity index (χ0) is 86.2. The topological polar surface area (TPSA) is 178 Å². The number of carbonyl (C=O) groups excluding carboxylic acids is 5. The van der Waals surface area contributed by atoms with Gasteiger partial charge in [0.2, 0.25) is 0 Å². The quantitative estimate of drug-likeness (QED) is 0.0479. The van der Waals surface area contributed by atoms with Crippen LogP contribution in [0.2, 0.25) is 0 Å². The van der Waals surface area contributed by atoms with Crippen LogP contribution in [0.4, 0.5) is 0 Å². The minimum atomic E-state index is -0.300. The number of carbonyl (C=O) groups is 5. The van der Waals surface area contributed by atoms with Crippen LogP contribution in [0.1, 0.15) is 410 Å². The molecule has 13 unspecified atom stereocenters. The molecule has 26 saturated carbocycles. The molecule has 680 valence electrons. The van der Waals surface area contributed by atoms with E-state index in [0.29, 0.717) is 87.7 Å². The molecule has 0 aromatic rings.